The van der Waals surface area contributed by atoms with E-state index in [0.717, 1.165) is 5.56 Å². The average Bonchev–Trinajstić information content (AvgIpc) is 3.06. The number of fused-ring (bicyclic) bond motifs is 1. The molecule has 27 heavy (non-hydrogen) atoms. The van der Waals surface area contributed by atoms with Crippen LogP contribution in [0.25, 0.3) is 0 Å². The zero-order chi connectivity index (χ0) is 18.8. The minimum Gasteiger partial charge on any atom is -0.397 e. The number of allylic oxidation sites excluding steroid dienone is 2. The molecule has 2 aromatic rings. The molecule has 2 atom stereocenters. The lowest BCUT2D eigenvalue weighted by Gasteiger charge is -2.25. The fourth-order valence-electron chi connectivity index (χ4n) is 3.23. The standard InChI is InChI=1S/C21H19FN4O/c22-17-9-10-20-16(11-17)12-24-26(20)13-14-5-7-15(8-6-14)21(27)25-19-4-2-1-3-18(19)23/h1-12,16,20H,13,23H2,(H,25,27). The average molecular weight is 362 g/mol. The Morgan fingerprint density at radius 1 is 1.19 bits per heavy atom. The van der Waals surface area contributed by atoms with Crippen molar-refractivity contribution in [3.63, 3.8) is 0 Å². The number of benzene rings is 2. The van der Waals surface area contributed by atoms with Gasteiger partial charge < -0.3 is 11.1 Å². The summed E-state index contributed by atoms with van der Waals surface area (Å²) < 4.78 is 13.3. The lowest BCUT2D eigenvalue weighted by Crippen LogP contribution is -2.30. The van der Waals surface area contributed by atoms with Crippen LogP contribution >= 0.6 is 0 Å². The van der Waals surface area contributed by atoms with Gasteiger partial charge in [-0.15, -0.1) is 0 Å². The van der Waals surface area contributed by atoms with E-state index in [1.165, 1.54) is 6.08 Å². The number of anilines is 2. The van der Waals surface area contributed by atoms with Crippen LogP contribution < -0.4 is 11.1 Å². The minimum atomic E-state index is -0.223. The number of rotatable bonds is 4. The van der Waals surface area contributed by atoms with E-state index in [4.69, 9.17) is 5.73 Å². The number of para-hydroxylation sites is 2. The van der Waals surface area contributed by atoms with Crippen molar-refractivity contribution in [3.8, 4) is 0 Å². The number of nitrogens with one attached hydrogen (secondary N) is 1. The van der Waals surface area contributed by atoms with E-state index in [2.05, 4.69) is 10.4 Å². The van der Waals surface area contributed by atoms with Crippen LogP contribution in [0.4, 0.5) is 15.8 Å². The highest BCUT2D eigenvalue weighted by Gasteiger charge is 2.29. The summed E-state index contributed by atoms with van der Waals surface area (Å²) in [6.45, 7) is 0.588. The van der Waals surface area contributed by atoms with Crippen LogP contribution in [0, 0.1) is 5.92 Å². The summed E-state index contributed by atoms with van der Waals surface area (Å²) in [5.74, 6) is -0.468. The Bertz CT molecular complexity index is 949. The van der Waals surface area contributed by atoms with Gasteiger partial charge in [0, 0.05) is 17.7 Å². The van der Waals surface area contributed by atoms with Crippen molar-refractivity contribution in [2.45, 2.75) is 12.6 Å². The monoisotopic (exact) mass is 362 g/mol. The third kappa shape index (κ3) is 3.60. The highest BCUT2D eigenvalue weighted by Crippen LogP contribution is 2.27. The van der Waals surface area contributed by atoms with Gasteiger partial charge in [-0.25, -0.2) is 4.39 Å². The van der Waals surface area contributed by atoms with E-state index >= 15 is 0 Å². The van der Waals surface area contributed by atoms with Gasteiger partial charge in [-0.3, -0.25) is 9.80 Å². The first-order valence-electron chi connectivity index (χ1n) is 8.71. The number of hydrogen-bond acceptors (Lipinski definition) is 4. The zero-order valence-electron chi connectivity index (χ0n) is 14.5. The lowest BCUT2D eigenvalue weighted by molar-refractivity contribution is 0.102. The van der Waals surface area contributed by atoms with E-state index < -0.39 is 0 Å². The summed E-state index contributed by atoms with van der Waals surface area (Å²) in [7, 11) is 0. The molecule has 4 rings (SSSR count). The van der Waals surface area contributed by atoms with E-state index in [9.17, 15) is 9.18 Å². The molecule has 0 bridgehead atoms. The van der Waals surface area contributed by atoms with Crippen LogP contribution in [-0.2, 0) is 6.54 Å². The van der Waals surface area contributed by atoms with Gasteiger partial charge in [-0.05, 0) is 42.0 Å². The van der Waals surface area contributed by atoms with E-state index in [-0.39, 0.29) is 23.7 Å². The molecule has 2 aliphatic rings. The molecule has 0 radical (unpaired) electrons. The third-order valence-electron chi connectivity index (χ3n) is 4.70. The van der Waals surface area contributed by atoms with Gasteiger partial charge in [0.1, 0.15) is 5.83 Å². The predicted octanol–water partition coefficient (Wildman–Crippen LogP) is 3.73. The molecule has 0 saturated carbocycles. The topological polar surface area (TPSA) is 70.7 Å². The first-order valence-corrected chi connectivity index (χ1v) is 8.71. The van der Waals surface area contributed by atoms with E-state index in [1.54, 1.807) is 36.6 Å². The number of amides is 1. The van der Waals surface area contributed by atoms with Gasteiger partial charge in [0.05, 0.1) is 24.0 Å². The fourth-order valence-corrected chi connectivity index (χ4v) is 3.23. The lowest BCUT2D eigenvalue weighted by atomic mass is 9.96. The minimum absolute atomic E-state index is 0.0311. The second-order valence-corrected chi connectivity index (χ2v) is 6.58. The van der Waals surface area contributed by atoms with Gasteiger partial charge in [-0.1, -0.05) is 30.3 Å². The molecule has 1 aliphatic carbocycles. The maximum absolute atomic E-state index is 13.3. The van der Waals surface area contributed by atoms with Crippen LogP contribution in [-0.4, -0.2) is 23.2 Å². The van der Waals surface area contributed by atoms with Crippen molar-refractivity contribution in [3.05, 3.63) is 83.7 Å². The molecule has 6 heteroatoms. The molecule has 2 aromatic carbocycles. The summed E-state index contributed by atoms with van der Waals surface area (Å²) >= 11 is 0. The number of halogens is 1. The highest BCUT2D eigenvalue weighted by molar-refractivity contribution is 6.05. The number of hydrazone groups is 1. The third-order valence-corrected chi connectivity index (χ3v) is 4.70. The molecular formula is C21H19FN4O. The van der Waals surface area contributed by atoms with E-state index in [0.29, 0.717) is 23.5 Å². The van der Waals surface area contributed by atoms with Gasteiger partial charge >= 0.3 is 0 Å². The molecule has 1 heterocycles. The smallest absolute Gasteiger partial charge is 0.255 e. The molecule has 0 aromatic heterocycles. The summed E-state index contributed by atoms with van der Waals surface area (Å²) in [4.78, 5) is 12.4. The van der Waals surface area contributed by atoms with Crippen molar-refractivity contribution < 1.29 is 9.18 Å². The quantitative estimate of drug-likeness (QED) is 0.814. The van der Waals surface area contributed by atoms with Crippen molar-refractivity contribution in [1.29, 1.82) is 0 Å². The molecule has 0 fully saturated rings. The Morgan fingerprint density at radius 3 is 2.74 bits per heavy atom. The number of hydrogen-bond donors (Lipinski definition) is 2. The predicted molar refractivity (Wildman–Crippen MR) is 105 cm³/mol. The number of nitrogen functional groups attached to an aromatic ring is 1. The maximum atomic E-state index is 13.3. The SMILES string of the molecule is Nc1ccccc1NC(=O)c1ccc(CN2N=CC3C=C(F)C=CC32)cc1. The number of carbonyl (C=O) groups excluding carboxylic acids is 1. The van der Waals surface area contributed by atoms with Crippen LogP contribution in [0.5, 0.6) is 0 Å². The summed E-state index contributed by atoms with van der Waals surface area (Å²) in [5, 5.41) is 9.12. The summed E-state index contributed by atoms with van der Waals surface area (Å²) in [6, 6.07) is 14.5. The van der Waals surface area contributed by atoms with Crippen molar-refractivity contribution >= 4 is 23.5 Å². The first kappa shape index (κ1) is 17.0. The van der Waals surface area contributed by atoms with E-state index in [1.807, 2.05) is 35.4 Å². The molecule has 0 spiro atoms. The van der Waals surface area contributed by atoms with Crippen LogP contribution in [0.3, 0.4) is 0 Å². The molecule has 1 amide bonds. The maximum Gasteiger partial charge on any atom is 0.255 e. The zero-order valence-corrected chi connectivity index (χ0v) is 14.5. The Labute approximate surface area is 156 Å². The van der Waals surface area contributed by atoms with Crippen molar-refractivity contribution in [1.82, 2.24) is 5.01 Å². The van der Waals surface area contributed by atoms with Crippen LogP contribution in [0.2, 0.25) is 0 Å². The van der Waals surface area contributed by atoms with Gasteiger partial charge in [0.2, 0.25) is 0 Å². The van der Waals surface area contributed by atoms with Crippen LogP contribution in [0.1, 0.15) is 15.9 Å². The molecule has 5 nitrogen and oxygen atoms in total. The second kappa shape index (κ2) is 7.07. The number of nitrogens with zero attached hydrogens (tertiary/aromatic N) is 2. The van der Waals surface area contributed by atoms with Gasteiger partial charge in [-0.2, -0.15) is 5.10 Å². The Morgan fingerprint density at radius 2 is 1.96 bits per heavy atom. The summed E-state index contributed by atoms with van der Waals surface area (Å²) in [5.41, 5.74) is 8.54. The Kier molecular flexibility index (Phi) is 4.46. The molecule has 0 saturated heterocycles. The molecule has 1 aliphatic heterocycles. The van der Waals surface area contributed by atoms with Gasteiger partial charge in [0.15, 0.2) is 0 Å². The second-order valence-electron chi connectivity index (χ2n) is 6.58. The number of carbonyl (C=O) groups is 1. The normalized spacial score (nSPS) is 20.3. The van der Waals surface area contributed by atoms with Crippen molar-refractivity contribution in [2.24, 2.45) is 11.0 Å². The fraction of sp³-hybridized carbons (Fsp3) is 0.143. The largest absolute Gasteiger partial charge is 0.397 e. The first-order chi connectivity index (χ1) is 13.1. The number of nitrogens with two attached hydrogens (primary N) is 1. The Balaban J connectivity index is 1.41. The Hall–Kier alpha value is -3.41. The molecule has 3 N–H and O–H groups in total. The van der Waals surface area contributed by atoms with Crippen molar-refractivity contribution in [2.75, 3.05) is 11.1 Å². The molecule has 136 valence electrons. The van der Waals surface area contributed by atoms with Crippen LogP contribution in [0.15, 0.2) is 77.7 Å². The highest BCUT2D eigenvalue weighted by atomic mass is 19.1. The molecule has 2 unspecified atom stereocenters. The summed E-state index contributed by atoms with van der Waals surface area (Å²) in [6.07, 6.45) is 6.65. The van der Waals surface area contributed by atoms with Gasteiger partial charge in [0.25, 0.3) is 5.91 Å². The molecular weight excluding hydrogens is 343 g/mol.